The van der Waals surface area contributed by atoms with Crippen molar-refractivity contribution < 1.29 is 78.0 Å². The summed E-state index contributed by atoms with van der Waals surface area (Å²) in [5, 5.41) is 57.2. The van der Waals surface area contributed by atoms with Crippen molar-refractivity contribution in [2.24, 2.45) is 29.2 Å². The van der Waals surface area contributed by atoms with E-state index in [-0.39, 0.29) is 44.1 Å². The van der Waals surface area contributed by atoms with E-state index in [1.807, 2.05) is 0 Å². The summed E-state index contributed by atoms with van der Waals surface area (Å²) in [5.41, 5.74) is 11.6. The third-order valence-electron chi connectivity index (χ3n) is 11.0. The third-order valence-corrected chi connectivity index (χ3v) is 11.7. The molecule has 71 heavy (non-hydrogen) atoms. The van der Waals surface area contributed by atoms with Crippen LogP contribution in [0.25, 0.3) is 0 Å². The standard InChI is InChI=1S/C44H76N10O16S/c1-9-23(6)35(54-42(67)34(46)22(4)5)43(68)52-29(20-33(59)60)41(66)49-26(13-14-31(55)56)37(62)47-24(7)36(61)51-28(19-32(57)58)40(65)48-25(12-10-11-16-45)38(63)50-27(15-17-71-8)39(64)53-30(44(69)70)18-21(2)3/h21-30,34-35H,9-20,45-46H2,1-8H3,(H,47,62)(H,48,65)(H,49,66)(H,50,63)(H,51,61)(H,52,68)(H,53,64)(H,54,67)(H,55,56)(H,57,58)(H,59,60)(H,69,70)/t23-,24-,25-,26-,27-,28-,29-,30-,34-,35-/m0/s1. The molecule has 0 aromatic rings. The maximum Gasteiger partial charge on any atom is 0.326 e. The average Bonchev–Trinajstić information content (AvgIpc) is 3.28. The molecule has 0 aliphatic heterocycles. The highest BCUT2D eigenvalue weighted by Crippen LogP contribution is 2.13. The lowest BCUT2D eigenvalue weighted by Crippen LogP contribution is -2.61. The summed E-state index contributed by atoms with van der Waals surface area (Å²) in [6.07, 6.45) is -0.607. The fraction of sp³-hybridized carbons (Fsp3) is 0.727. The number of unbranched alkanes of at least 4 members (excludes halogenated alkanes) is 1. The van der Waals surface area contributed by atoms with Gasteiger partial charge in [0.1, 0.15) is 48.3 Å². The van der Waals surface area contributed by atoms with E-state index in [4.69, 9.17) is 11.5 Å². The molecule has 0 saturated carbocycles. The van der Waals surface area contributed by atoms with Crippen LogP contribution in [0.3, 0.4) is 0 Å². The molecular weight excluding hydrogens is 957 g/mol. The van der Waals surface area contributed by atoms with Crippen LogP contribution in [0.5, 0.6) is 0 Å². The molecule has 26 nitrogen and oxygen atoms in total. The summed E-state index contributed by atoms with van der Waals surface area (Å²) in [6.45, 7) is 11.5. The van der Waals surface area contributed by atoms with Crippen molar-refractivity contribution in [3.8, 4) is 0 Å². The number of carboxylic acid groups (broad SMARTS) is 4. The largest absolute Gasteiger partial charge is 0.481 e. The fourth-order valence-corrected chi connectivity index (χ4v) is 7.02. The number of carbonyl (C=O) groups excluding carboxylic acids is 8. The van der Waals surface area contributed by atoms with Gasteiger partial charge in [-0.25, -0.2) is 4.79 Å². The zero-order valence-electron chi connectivity index (χ0n) is 41.7. The Morgan fingerprint density at radius 1 is 0.507 bits per heavy atom. The zero-order valence-corrected chi connectivity index (χ0v) is 42.5. The highest BCUT2D eigenvalue weighted by atomic mass is 32.2. The molecule has 16 N–H and O–H groups in total. The first-order valence-corrected chi connectivity index (χ1v) is 24.7. The Hall–Kier alpha value is -6.09. The van der Waals surface area contributed by atoms with Gasteiger partial charge in [-0.05, 0) is 81.8 Å². The molecule has 0 heterocycles. The van der Waals surface area contributed by atoms with Gasteiger partial charge in [-0.2, -0.15) is 11.8 Å². The molecule has 0 aromatic carbocycles. The van der Waals surface area contributed by atoms with Gasteiger partial charge in [0.15, 0.2) is 0 Å². The average molecular weight is 1030 g/mol. The lowest BCUT2D eigenvalue weighted by molar-refractivity contribution is -0.143. The Bertz CT molecular complexity index is 1860. The minimum atomic E-state index is -1.89. The first-order valence-electron chi connectivity index (χ1n) is 23.4. The van der Waals surface area contributed by atoms with E-state index in [0.717, 1.165) is 6.92 Å². The van der Waals surface area contributed by atoms with Gasteiger partial charge in [-0.3, -0.25) is 52.7 Å². The van der Waals surface area contributed by atoms with Crippen LogP contribution in [0.1, 0.15) is 113 Å². The van der Waals surface area contributed by atoms with Crippen molar-refractivity contribution in [3.63, 3.8) is 0 Å². The fourth-order valence-electron chi connectivity index (χ4n) is 6.54. The van der Waals surface area contributed by atoms with Gasteiger partial charge in [0.25, 0.3) is 0 Å². The van der Waals surface area contributed by atoms with Crippen LogP contribution in [0.15, 0.2) is 0 Å². The highest BCUT2D eigenvalue weighted by molar-refractivity contribution is 7.98. The van der Waals surface area contributed by atoms with Gasteiger partial charge in [-0.15, -0.1) is 0 Å². The van der Waals surface area contributed by atoms with Gasteiger partial charge >= 0.3 is 23.9 Å². The predicted molar refractivity (Wildman–Crippen MR) is 258 cm³/mol. The van der Waals surface area contributed by atoms with Crippen LogP contribution in [-0.4, -0.2) is 164 Å². The lowest BCUT2D eigenvalue weighted by Gasteiger charge is -2.28. The van der Waals surface area contributed by atoms with Crippen LogP contribution in [0.4, 0.5) is 0 Å². The Morgan fingerprint density at radius 2 is 0.944 bits per heavy atom. The van der Waals surface area contributed by atoms with Crippen molar-refractivity contribution in [1.29, 1.82) is 0 Å². The Morgan fingerprint density at radius 3 is 1.37 bits per heavy atom. The normalized spacial score (nSPS) is 15.4. The number of amides is 8. The molecule has 0 radical (unpaired) electrons. The molecule has 10 atom stereocenters. The topological polar surface area (TPSA) is 434 Å². The molecule has 0 aliphatic rings. The van der Waals surface area contributed by atoms with Crippen LogP contribution < -0.4 is 54.0 Å². The molecular formula is C44H76N10O16S. The predicted octanol–water partition coefficient (Wildman–Crippen LogP) is -2.26. The molecule has 0 spiro atoms. The SMILES string of the molecule is CC[C@H](C)[C@H](NC(=O)[C@@H](N)C(C)C)C(=O)N[C@@H](CC(=O)O)C(=O)N[C@@H](CCC(=O)O)C(=O)N[C@@H](C)C(=O)N[C@@H](CC(=O)O)C(=O)N[C@@H](CCCCN)C(=O)N[C@@H](CCSC)C(=O)N[C@@H](CC(C)C)C(=O)O. The van der Waals surface area contributed by atoms with E-state index < -0.39 is 157 Å². The second-order valence-corrected chi connectivity index (χ2v) is 18.9. The third kappa shape index (κ3) is 25.6. The number of hydrogen-bond donors (Lipinski definition) is 14. The second kappa shape index (κ2) is 33.5. The summed E-state index contributed by atoms with van der Waals surface area (Å²) >= 11 is 1.34. The molecule has 0 bridgehead atoms. The number of nitrogens with two attached hydrogens (primary N) is 2. The Labute approximate surface area is 417 Å². The van der Waals surface area contributed by atoms with Gasteiger partial charge < -0.3 is 74.4 Å². The van der Waals surface area contributed by atoms with E-state index in [2.05, 4.69) is 42.5 Å². The van der Waals surface area contributed by atoms with Gasteiger partial charge in [0.05, 0.1) is 18.9 Å². The summed E-state index contributed by atoms with van der Waals surface area (Å²) < 4.78 is 0. The second-order valence-electron chi connectivity index (χ2n) is 17.9. The molecule has 0 unspecified atom stereocenters. The van der Waals surface area contributed by atoms with E-state index in [1.54, 1.807) is 47.8 Å². The summed E-state index contributed by atoms with van der Waals surface area (Å²) in [7, 11) is 0. The van der Waals surface area contributed by atoms with Crippen LogP contribution in [-0.2, 0) is 57.5 Å². The molecule has 0 rings (SSSR count). The van der Waals surface area contributed by atoms with Gasteiger partial charge in [0, 0.05) is 6.42 Å². The molecule has 0 saturated heterocycles. The number of carbonyl (C=O) groups is 12. The number of aliphatic carboxylic acids is 4. The minimum absolute atomic E-state index is 0.0617. The van der Waals surface area contributed by atoms with Gasteiger partial charge in [0.2, 0.25) is 47.3 Å². The Kier molecular flexibility index (Phi) is 30.6. The lowest BCUT2D eigenvalue weighted by atomic mass is 9.96. The highest BCUT2D eigenvalue weighted by Gasteiger charge is 2.36. The molecule has 27 heteroatoms. The van der Waals surface area contributed by atoms with Crippen LogP contribution in [0, 0.1) is 17.8 Å². The number of hydrogen-bond acceptors (Lipinski definition) is 15. The number of carboxylic acids is 4. The molecule has 0 fully saturated rings. The van der Waals surface area contributed by atoms with E-state index in [1.165, 1.54) is 11.8 Å². The van der Waals surface area contributed by atoms with E-state index in [9.17, 15) is 78.0 Å². The summed E-state index contributed by atoms with van der Waals surface area (Å²) in [6, 6.07) is -13.4. The smallest absolute Gasteiger partial charge is 0.326 e. The first kappa shape index (κ1) is 64.9. The molecule has 8 amide bonds. The maximum atomic E-state index is 13.7. The quantitative estimate of drug-likeness (QED) is 0.0295. The number of thioether (sulfide) groups is 1. The monoisotopic (exact) mass is 1030 g/mol. The van der Waals surface area contributed by atoms with Gasteiger partial charge in [-0.1, -0.05) is 48.0 Å². The molecule has 404 valence electrons. The number of nitrogens with one attached hydrogen (secondary N) is 8. The Balaban J connectivity index is 6.48. The van der Waals surface area contributed by atoms with Crippen LogP contribution >= 0.6 is 11.8 Å². The van der Waals surface area contributed by atoms with Crippen molar-refractivity contribution in [3.05, 3.63) is 0 Å². The maximum absolute atomic E-state index is 13.7. The summed E-state index contributed by atoms with van der Waals surface area (Å²) in [4.78, 5) is 155. The van der Waals surface area contributed by atoms with Crippen LogP contribution in [0.2, 0.25) is 0 Å². The molecule has 0 aliphatic carbocycles. The zero-order chi connectivity index (χ0) is 54.7. The first-order chi connectivity index (χ1) is 33.1. The van der Waals surface area contributed by atoms with Crippen molar-refractivity contribution >= 4 is 82.9 Å². The van der Waals surface area contributed by atoms with Crippen molar-refractivity contribution in [2.75, 3.05) is 18.6 Å². The molecule has 0 aromatic heterocycles. The van der Waals surface area contributed by atoms with Crippen molar-refractivity contribution in [2.45, 2.75) is 167 Å². The number of rotatable bonds is 36. The van der Waals surface area contributed by atoms with E-state index >= 15 is 0 Å². The van der Waals surface area contributed by atoms with Crippen molar-refractivity contribution in [1.82, 2.24) is 42.5 Å². The summed E-state index contributed by atoms with van der Waals surface area (Å²) in [5.74, 6) is -14.6. The van der Waals surface area contributed by atoms with E-state index in [0.29, 0.717) is 18.6 Å². The minimum Gasteiger partial charge on any atom is -0.481 e.